The second kappa shape index (κ2) is 14.9. The highest BCUT2D eigenvalue weighted by Crippen LogP contribution is 2.23. The number of carbonyl (C=O) groups is 3. The van der Waals surface area contributed by atoms with E-state index in [0.29, 0.717) is 16.1 Å². The van der Waals surface area contributed by atoms with Crippen molar-refractivity contribution in [2.75, 3.05) is 25.0 Å². The van der Waals surface area contributed by atoms with Crippen molar-refractivity contribution < 1.29 is 19.1 Å². The molecule has 0 aliphatic heterocycles. The molecule has 0 radical (unpaired) electrons. The summed E-state index contributed by atoms with van der Waals surface area (Å²) in [5, 5.41) is 9.11. The van der Waals surface area contributed by atoms with Gasteiger partial charge in [-0.25, -0.2) is 0 Å². The molecule has 194 valence electrons. The van der Waals surface area contributed by atoms with E-state index in [1.165, 1.54) is 0 Å². The number of hydrogen-bond donors (Lipinski definition) is 3. The highest BCUT2D eigenvalue weighted by Gasteiger charge is 2.20. The van der Waals surface area contributed by atoms with Gasteiger partial charge in [-0.1, -0.05) is 37.1 Å². The number of ether oxygens (including phenoxy) is 1. The minimum Gasteiger partial charge on any atom is -0.466 e. The van der Waals surface area contributed by atoms with Crippen LogP contribution in [0.15, 0.2) is 47.5 Å². The fourth-order valence-corrected chi connectivity index (χ4v) is 3.80. The molecule has 0 aromatic heterocycles. The van der Waals surface area contributed by atoms with Gasteiger partial charge in [0.05, 0.1) is 31.4 Å². The Hall–Kier alpha value is -3.39. The average Bonchev–Trinajstić information content (AvgIpc) is 2.82. The Morgan fingerprint density at radius 1 is 1.11 bits per heavy atom. The molecule has 8 nitrogen and oxygen atoms in total. The smallest absolute Gasteiger partial charge is 0.308 e. The summed E-state index contributed by atoms with van der Waals surface area (Å²) in [6, 6.07) is 11.7. The van der Waals surface area contributed by atoms with Crippen LogP contribution in [0, 0.1) is 6.92 Å². The topological polar surface area (TPSA) is 109 Å². The Morgan fingerprint density at radius 3 is 2.58 bits per heavy atom. The number of aryl methyl sites for hydroxylation is 1. The molecular formula is C27H35ClN4O4. The van der Waals surface area contributed by atoms with E-state index in [0.717, 1.165) is 36.5 Å². The van der Waals surface area contributed by atoms with Crippen LogP contribution in [0.2, 0.25) is 5.02 Å². The van der Waals surface area contributed by atoms with Crippen LogP contribution in [0.3, 0.4) is 0 Å². The van der Waals surface area contributed by atoms with Gasteiger partial charge in [0.1, 0.15) is 0 Å². The number of aliphatic imine (C=N–C) groups is 1. The summed E-state index contributed by atoms with van der Waals surface area (Å²) in [6.45, 7) is 8.31. The fraction of sp³-hybridized carbons (Fsp3) is 0.407. The first kappa shape index (κ1) is 28.8. The van der Waals surface area contributed by atoms with Crippen LogP contribution < -0.4 is 16.0 Å². The number of halogens is 1. The van der Waals surface area contributed by atoms with Crippen molar-refractivity contribution in [3.05, 3.63) is 64.2 Å². The van der Waals surface area contributed by atoms with Crippen molar-refractivity contribution in [1.82, 2.24) is 10.6 Å². The first-order valence-electron chi connectivity index (χ1n) is 12.1. The van der Waals surface area contributed by atoms with Gasteiger partial charge in [0, 0.05) is 22.8 Å². The normalized spacial score (nSPS) is 12.0. The van der Waals surface area contributed by atoms with Crippen LogP contribution in [0.25, 0.3) is 0 Å². The molecule has 0 heterocycles. The van der Waals surface area contributed by atoms with Crippen molar-refractivity contribution >= 4 is 40.9 Å². The van der Waals surface area contributed by atoms with E-state index in [2.05, 4.69) is 27.9 Å². The van der Waals surface area contributed by atoms with Gasteiger partial charge < -0.3 is 20.7 Å². The zero-order chi connectivity index (χ0) is 26.5. The van der Waals surface area contributed by atoms with Crippen LogP contribution in [0.5, 0.6) is 0 Å². The summed E-state index contributed by atoms with van der Waals surface area (Å²) in [5.41, 5.74) is 2.72. The van der Waals surface area contributed by atoms with Crippen molar-refractivity contribution in [1.29, 1.82) is 0 Å². The third-order valence-electron chi connectivity index (χ3n) is 5.20. The summed E-state index contributed by atoms with van der Waals surface area (Å²) in [6.07, 6.45) is 2.03. The van der Waals surface area contributed by atoms with Crippen molar-refractivity contribution in [3.8, 4) is 0 Å². The van der Waals surface area contributed by atoms with E-state index in [-0.39, 0.29) is 19.6 Å². The molecule has 0 spiro atoms. The number of hydrogen-bond acceptors (Lipinski definition) is 5. The number of unbranched alkanes of at least 4 members (excludes halogenated alkanes) is 1. The molecule has 0 saturated heterocycles. The standard InChI is InChI=1S/C27H35ClN4O4/c1-5-7-11-29-19(4)31-23-10-8-9-20(15-23)27(35)30-17-25(33)32-24(16-26(34)36-6-2)21-12-18(3)13-22(28)14-21/h8-10,12-15,24H,5-7,11,16-17H2,1-4H3,(H,29,31)(H,30,35)(H,32,33). The number of nitrogens with one attached hydrogen (secondary N) is 3. The highest BCUT2D eigenvalue weighted by molar-refractivity contribution is 6.30. The Bertz CT molecular complexity index is 1070. The average molecular weight is 515 g/mol. The van der Waals surface area contributed by atoms with Gasteiger partial charge in [-0.2, -0.15) is 0 Å². The number of rotatable bonds is 12. The van der Waals surface area contributed by atoms with Crippen LogP contribution >= 0.6 is 11.6 Å². The Kier molecular flexibility index (Phi) is 11.9. The molecule has 2 aromatic carbocycles. The highest BCUT2D eigenvalue weighted by atomic mass is 35.5. The maximum absolute atomic E-state index is 12.7. The van der Waals surface area contributed by atoms with E-state index < -0.39 is 23.8 Å². The van der Waals surface area contributed by atoms with Gasteiger partial charge in [0.25, 0.3) is 5.91 Å². The molecule has 3 N–H and O–H groups in total. The lowest BCUT2D eigenvalue weighted by molar-refractivity contribution is -0.143. The number of carbonyl (C=O) groups excluding carboxylic acids is 3. The lowest BCUT2D eigenvalue weighted by atomic mass is 10.0. The molecule has 2 aromatic rings. The third-order valence-corrected chi connectivity index (χ3v) is 5.42. The van der Waals surface area contributed by atoms with Gasteiger partial charge in [-0.05, 0) is 68.7 Å². The predicted molar refractivity (Wildman–Crippen MR) is 144 cm³/mol. The van der Waals surface area contributed by atoms with E-state index in [1.807, 2.05) is 26.0 Å². The van der Waals surface area contributed by atoms with Crippen molar-refractivity contribution in [3.63, 3.8) is 0 Å². The molecule has 0 bridgehead atoms. The number of nitrogens with zero attached hydrogens (tertiary/aromatic N) is 1. The molecule has 2 amide bonds. The second-order valence-electron chi connectivity index (χ2n) is 8.40. The maximum atomic E-state index is 12.7. The lowest BCUT2D eigenvalue weighted by Gasteiger charge is -2.19. The maximum Gasteiger partial charge on any atom is 0.308 e. The predicted octanol–water partition coefficient (Wildman–Crippen LogP) is 4.82. The molecule has 0 saturated carbocycles. The third kappa shape index (κ3) is 10.1. The molecule has 9 heteroatoms. The molecule has 1 unspecified atom stereocenters. The fourth-order valence-electron chi connectivity index (χ4n) is 3.50. The van der Waals surface area contributed by atoms with Gasteiger partial charge in [-0.3, -0.25) is 19.4 Å². The van der Waals surface area contributed by atoms with E-state index in [9.17, 15) is 14.4 Å². The molecular weight excluding hydrogens is 480 g/mol. The number of esters is 1. The first-order chi connectivity index (χ1) is 17.2. The summed E-state index contributed by atoms with van der Waals surface area (Å²) in [7, 11) is 0. The zero-order valence-electron chi connectivity index (χ0n) is 21.3. The minimum absolute atomic E-state index is 0.0554. The lowest BCUT2D eigenvalue weighted by Crippen LogP contribution is -2.39. The SMILES string of the molecule is CCCCN=C(C)Nc1cccc(C(=O)NCC(=O)NC(CC(=O)OCC)c2cc(C)cc(Cl)c2)c1. The van der Waals surface area contributed by atoms with Crippen LogP contribution in [0.4, 0.5) is 5.69 Å². The Balaban J connectivity index is 2.01. The van der Waals surface area contributed by atoms with Crippen LogP contribution in [0.1, 0.15) is 67.6 Å². The summed E-state index contributed by atoms with van der Waals surface area (Å²) >= 11 is 6.18. The molecule has 1 atom stereocenters. The molecule has 2 rings (SSSR count). The molecule has 0 aliphatic rings. The second-order valence-corrected chi connectivity index (χ2v) is 8.84. The summed E-state index contributed by atoms with van der Waals surface area (Å²) < 4.78 is 5.05. The molecule has 36 heavy (non-hydrogen) atoms. The van der Waals surface area contributed by atoms with E-state index in [4.69, 9.17) is 16.3 Å². The van der Waals surface area contributed by atoms with Gasteiger partial charge in [-0.15, -0.1) is 0 Å². The van der Waals surface area contributed by atoms with E-state index in [1.54, 1.807) is 37.3 Å². The monoisotopic (exact) mass is 514 g/mol. The number of benzene rings is 2. The van der Waals surface area contributed by atoms with E-state index >= 15 is 0 Å². The summed E-state index contributed by atoms with van der Waals surface area (Å²) in [5.74, 6) is -0.509. The molecule has 0 aliphatic carbocycles. The molecule has 0 fully saturated rings. The van der Waals surface area contributed by atoms with Crippen LogP contribution in [-0.2, 0) is 14.3 Å². The minimum atomic E-state index is -0.645. The summed E-state index contributed by atoms with van der Waals surface area (Å²) in [4.78, 5) is 41.9. The van der Waals surface area contributed by atoms with Gasteiger partial charge in [0.2, 0.25) is 5.91 Å². The number of amidine groups is 1. The Morgan fingerprint density at radius 2 is 1.89 bits per heavy atom. The number of anilines is 1. The number of amides is 2. The largest absolute Gasteiger partial charge is 0.466 e. The van der Waals surface area contributed by atoms with Crippen molar-refractivity contribution in [2.24, 2.45) is 4.99 Å². The van der Waals surface area contributed by atoms with Gasteiger partial charge in [0.15, 0.2) is 0 Å². The van der Waals surface area contributed by atoms with Crippen molar-refractivity contribution in [2.45, 2.75) is 53.0 Å². The quantitative estimate of drug-likeness (QED) is 0.163. The van der Waals surface area contributed by atoms with Crippen LogP contribution in [-0.4, -0.2) is 43.3 Å². The van der Waals surface area contributed by atoms with Gasteiger partial charge >= 0.3 is 5.97 Å². The Labute approximate surface area is 217 Å². The zero-order valence-corrected chi connectivity index (χ0v) is 22.1. The first-order valence-corrected chi connectivity index (χ1v) is 12.5.